The normalized spacial score (nSPS) is 7.75. The van der Waals surface area contributed by atoms with Gasteiger partial charge < -0.3 is 0 Å². The van der Waals surface area contributed by atoms with E-state index in [9.17, 15) is 4.79 Å². The molecule has 0 unspecified atom stereocenters. The summed E-state index contributed by atoms with van der Waals surface area (Å²) in [7, 11) is 0. The fraction of sp³-hybridized carbons (Fsp3) is 0.143. The van der Waals surface area contributed by atoms with E-state index >= 15 is 0 Å². The molecule has 0 bridgehead atoms. The standard InChI is InChI=1S/C7H7NOS.2ClH/c9-7(10)5-6-1-3-8-4-2-6;;/h1-4H,5H2,(H,9,10);2*1H. The molecule has 0 amide bonds. The highest BCUT2D eigenvalue weighted by Gasteiger charge is 1.95. The molecule has 0 fully saturated rings. The summed E-state index contributed by atoms with van der Waals surface area (Å²) in [5.41, 5.74) is 0.954. The average molecular weight is 226 g/mol. The summed E-state index contributed by atoms with van der Waals surface area (Å²) in [6.45, 7) is 0. The molecule has 0 aromatic carbocycles. The largest absolute Gasteiger partial charge is 0.287 e. The van der Waals surface area contributed by atoms with Crippen LogP contribution in [0.15, 0.2) is 24.5 Å². The summed E-state index contributed by atoms with van der Waals surface area (Å²) in [6, 6.07) is 3.60. The number of thiol groups is 1. The second kappa shape index (κ2) is 7.40. The first-order valence-electron chi connectivity index (χ1n) is 2.90. The van der Waals surface area contributed by atoms with Crippen molar-refractivity contribution >= 4 is 42.6 Å². The predicted octanol–water partition coefficient (Wildman–Crippen LogP) is 1.92. The molecule has 1 aromatic rings. The Morgan fingerprint density at radius 2 is 1.83 bits per heavy atom. The van der Waals surface area contributed by atoms with Gasteiger partial charge >= 0.3 is 0 Å². The van der Waals surface area contributed by atoms with Gasteiger partial charge in [0, 0.05) is 18.8 Å². The number of nitrogens with zero attached hydrogens (tertiary/aromatic N) is 1. The lowest BCUT2D eigenvalue weighted by Gasteiger charge is -1.92. The molecule has 0 saturated heterocycles. The fourth-order valence-corrected chi connectivity index (χ4v) is 0.858. The molecule has 0 aliphatic rings. The van der Waals surface area contributed by atoms with Gasteiger partial charge in [0.2, 0.25) is 0 Å². The molecule has 1 rings (SSSR count). The molecule has 0 aliphatic heterocycles. The Hall–Kier alpha value is -0.250. The van der Waals surface area contributed by atoms with Crippen LogP contribution in [0.4, 0.5) is 0 Å². The van der Waals surface area contributed by atoms with E-state index in [-0.39, 0.29) is 29.9 Å². The smallest absolute Gasteiger partial charge is 0.190 e. The van der Waals surface area contributed by atoms with E-state index in [2.05, 4.69) is 17.6 Å². The van der Waals surface area contributed by atoms with Crippen LogP contribution in [-0.4, -0.2) is 10.1 Å². The molecule has 0 spiro atoms. The topological polar surface area (TPSA) is 30.0 Å². The van der Waals surface area contributed by atoms with E-state index in [1.54, 1.807) is 24.5 Å². The van der Waals surface area contributed by atoms with Crippen LogP contribution in [0.25, 0.3) is 0 Å². The minimum atomic E-state index is -0.119. The molecule has 0 saturated carbocycles. The molecule has 12 heavy (non-hydrogen) atoms. The number of hydrogen-bond donors (Lipinski definition) is 1. The van der Waals surface area contributed by atoms with Crippen LogP contribution in [0, 0.1) is 0 Å². The van der Waals surface area contributed by atoms with Crippen LogP contribution in [0.3, 0.4) is 0 Å². The molecule has 1 heterocycles. The average Bonchev–Trinajstić information content (AvgIpc) is 1.88. The van der Waals surface area contributed by atoms with Gasteiger partial charge in [-0.1, -0.05) is 0 Å². The molecule has 2 nitrogen and oxygen atoms in total. The third kappa shape index (κ3) is 5.41. The summed E-state index contributed by atoms with van der Waals surface area (Å²) >= 11 is 3.65. The quantitative estimate of drug-likeness (QED) is 0.781. The van der Waals surface area contributed by atoms with Crippen LogP contribution in [-0.2, 0) is 11.2 Å². The van der Waals surface area contributed by atoms with Crippen LogP contribution >= 0.6 is 37.4 Å². The maximum absolute atomic E-state index is 10.5. The minimum absolute atomic E-state index is 0. The molecule has 0 radical (unpaired) electrons. The molecular weight excluding hydrogens is 217 g/mol. The molecule has 1 aromatic heterocycles. The van der Waals surface area contributed by atoms with Crippen molar-refractivity contribution in [2.24, 2.45) is 0 Å². The SMILES string of the molecule is Cl.Cl.O=C(S)Cc1ccncc1. The van der Waals surface area contributed by atoms with Crippen LogP contribution in [0.1, 0.15) is 5.56 Å². The van der Waals surface area contributed by atoms with E-state index in [1.165, 1.54) is 0 Å². The first kappa shape index (κ1) is 14.3. The first-order valence-corrected chi connectivity index (χ1v) is 3.34. The molecule has 68 valence electrons. The first-order chi connectivity index (χ1) is 4.79. The number of rotatable bonds is 2. The summed E-state index contributed by atoms with van der Waals surface area (Å²) in [6.07, 6.45) is 3.70. The third-order valence-electron chi connectivity index (χ3n) is 1.10. The maximum atomic E-state index is 10.5. The van der Waals surface area contributed by atoms with E-state index in [1.807, 2.05) is 0 Å². The van der Waals surface area contributed by atoms with Crippen molar-refractivity contribution in [3.05, 3.63) is 30.1 Å². The Kier molecular flexibility index (Phi) is 8.81. The summed E-state index contributed by atoms with van der Waals surface area (Å²) in [5, 5.41) is -0.119. The number of aromatic nitrogens is 1. The molecule has 0 N–H and O–H groups in total. The zero-order valence-electron chi connectivity index (χ0n) is 6.14. The lowest BCUT2D eigenvalue weighted by molar-refractivity contribution is -0.110. The van der Waals surface area contributed by atoms with Crippen LogP contribution < -0.4 is 0 Å². The van der Waals surface area contributed by atoms with E-state index in [0.717, 1.165) is 5.56 Å². The minimum Gasteiger partial charge on any atom is -0.287 e. The van der Waals surface area contributed by atoms with Gasteiger partial charge in [0.05, 0.1) is 0 Å². The highest BCUT2D eigenvalue weighted by atomic mass is 35.5. The van der Waals surface area contributed by atoms with Crippen molar-refractivity contribution in [1.29, 1.82) is 0 Å². The Morgan fingerprint density at radius 3 is 2.25 bits per heavy atom. The number of halogens is 2. The molecule has 0 atom stereocenters. The highest BCUT2D eigenvalue weighted by Crippen LogP contribution is 1.98. The summed E-state index contributed by atoms with van der Waals surface area (Å²) in [5.74, 6) is 0. The van der Waals surface area contributed by atoms with Crippen LogP contribution in [0.2, 0.25) is 0 Å². The van der Waals surface area contributed by atoms with Gasteiger partial charge in [-0.25, -0.2) is 0 Å². The van der Waals surface area contributed by atoms with Crippen molar-refractivity contribution in [2.45, 2.75) is 6.42 Å². The Labute approximate surface area is 89.0 Å². The van der Waals surface area contributed by atoms with Crippen molar-refractivity contribution < 1.29 is 4.79 Å². The van der Waals surface area contributed by atoms with Gasteiger partial charge in [-0.05, 0) is 17.7 Å². The number of carbonyl (C=O) groups is 1. The lowest BCUT2D eigenvalue weighted by Crippen LogP contribution is -1.92. The van der Waals surface area contributed by atoms with Gasteiger partial charge in [0.1, 0.15) is 0 Å². The van der Waals surface area contributed by atoms with E-state index in [4.69, 9.17) is 0 Å². The number of hydrogen-bond acceptors (Lipinski definition) is 2. The third-order valence-corrected chi connectivity index (χ3v) is 1.26. The van der Waals surface area contributed by atoms with Crippen molar-refractivity contribution in [3.8, 4) is 0 Å². The second-order valence-electron chi connectivity index (χ2n) is 1.93. The van der Waals surface area contributed by atoms with Crippen LogP contribution in [0.5, 0.6) is 0 Å². The Morgan fingerprint density at radius 1 is 1.33 bits per heavy atom. The Balaban J connectivity index is 0. The second-order valence-corrected chi connectivity index (χ2v) is 2.42. The zero-order chi connectivity index (χ0) is 7.40. The summed E-state index contributed by atoms with van der Waals surface area (Å²) < 4.78 is 0. The number of pyridine rings is 1. The van der Waals surface area contributed by atoms with Crippen molar-refractivity contribution in [3.63, 3.8) is 0 Å². The number of carbonyl (C=O) groups excluding carboxylic acids is 1. The van der Waals surface area contributed by atoms with Gasteiger partial charge in [-0.3, -0.25) is 9.78 Å². The zero-order valence-corrected chi connectivity index (χ0v) is 8.66. The molecule has 0 aliphatic carbocycles. The van der Waals surface area contributed by atoms with E-state index < -0.39 is 0 Å². The van der Waals surface area contributed by atoms with Gasteiger partial charge in [0.25, 0.3) is 0 Å². The molecular formula is C7H9Cl2NOS. The van der Waals surface area contributed by atoms with Crippen molar-refractivity contribution in [1.82, 2.24) is 4.98 Å². The molecule has 5 heteroatoms. The monoisotopic (exact) mass is 225 g/mol. The highest BCUT2D eigenvalue weighted by molar-refractivity contribution is 7.96. The van der Waals surface area contributed by atoms with Gasteiger partial charge in [-0.2, -0.15) is 0 Å². The fourth-order valence-electron chi connectivity index (χ4n) is 0.675. The van der Waals surface area contributed by atoms with Gasteiger partial charge in [-0.15, -0.1) is 37.4 Å². The van der Waals surface area contributed by atoms with Crippen molar-refractivity contribution in [2.75, 3.05) is 0 Å². The van der Waals surface area contributed by atoms with E-state index in [0.29, 0.717) is 6.42 Å². The predicted molar refractivity (Wildman–Crippen MR) is 56.4 cm³/mol. The van der Waals surface area contributed by atoms with Gasteiger partial charge in [0.15, 0.2) is 5.12 Å². The summed E-state index contributed by atoms with van der Waals surface area (Å²) in [4.78, 5) is 14.3. The maximum Gasteiger partial charge on any atom is 0.190 e. The lowest BCUT2D eigenvalue weighted by atomic mass is 10.2. The Bertz CT molecular complexity index is 230.